The van der Waals surface area contributed by atoms with Gasteiger partial charge in [-0.3, -0.25) is 9.89 Å². The molecule has 1 aliphatic heterocycles. The average molecular weight is 382 g/mol. The summed E-state index contributed by atoms with van der Waals surface area (Å²) in [6.07, 6.45) is 3.94. The van der Waals surface area contributed by atoms with Crippen LogP contribution in [0.3, 0.4) is 0 Å². The number of aromatic nitrogens is 4. The average Bonchev–Trinajstić information content (AvgIpc) is 3.11. The van der Waals surface area contributed by atoms with Crippen LogP contribution in [0.5, 0.6) is 5.75 Å². The Labute approximate surface area is 159 Å². The number of fused-ring (bicyclic) bond motifs is 1. The van der Waals surface area contributed by atoms with E-state index in [0.717, 1.165) is 5.69 Å². The molecular weight excluding hydrogens is 364 g/mol. The number of H-pyrrole nitrogens is 1. The molecule has 0 unspecified atom stereocenters. The molecule has 3 aromatic rings. The zero-order valence-electron chi connectivity index (χ0n) is 14.6. The predicted molar refractivity (Wildman–Crippen MR) is 102 cm³/mol. The van der Waals surface area contributed by atoms with Crippen LogP contribution >= 0.6 is 0 Å². The van der Waals surface area contributed by atoms with Crippen molar-refractivity contribution in [1.29, 1.82) is 0 Å². The molecular formula is C17H18N8O3. The Morgan fingerprint density at radius 2 is 2.18 bits per heavy atom. The molecule has 1 amide bonds. The van der Waals surface area contributed by atoms with E-state index in [1.165, 1.54) is 6.20 Å². The summed E-state index contributed by atoms with van der Waals surface area (Å²) in [5.41, 5.74) is 7.62. The third-order valence-electron chi connectivity index (χ3n) is 4.01. The standard InChI is InChI=1S/C17H18N8O3/c18-15(27)12-7-20-17(25-16(12)23-10-4-21-22-5-10)24-9-1-2-14-13(3-9)19-6-11(26)8-28-14/h1-5,7,11,19,26H,6,8H2,(H2,18,27)(H,21,22)(H2,20,23,24,25)/t11-/m0/s1. The van der Waals surface area contributed by atoms with Gasteiger partial charge in [-0.05, 0) is 18.2 Å². The topological polar surface area (TPSA) is 163 Å². The minimum Gasteiger partial charge on any atom is -0.489 e. The number of carbonyl (C=O) groups is 1. The van der Waals surface area contributed by atoms with Crippen molar-refractivity contribution >= 4 is 34.7 Å². The van der Waals surface area contributed by atoms with E-state index in [4.69, 9.17) is 10.5 Å². The number of aliphatic hydroxyl groups excluding tert-OH is 1. The highest BCUT2D eigenvalue weighted by molar-refractivity contribution is 5.98. The molecule has 1 aromatic carbocycles. The zero-order valence-corrected chi connectivity index (χ0v) is 14.6. The largest absolute Gasteiger partial charge is 0.489 e. The number of benzene rings is 1. The van der Waals surface area contributed by atoms with Gasteiger partial charge < -0.3 is 31.5 Å². The molecule has 3 heterocycles. The second-order valence-corrected chi connectivity index (χ2v) is 6.11. The van der Waals surface area contributed by atoms with Gasteiger partial charge in [-0.15, -0.1) is 0 Å². The highest BCUT2D eigenvalue weighted by atomic mass is 16.5. The van der Waals surface area contributed by atoms with Crippen molar-refractivity contribution in [3.05, 3.63) is 42.4 Å². The van der Waals surface area contributed by atoms with E-state index in [1.807, 2.05) is 6.07 Å². The number of hydrogen-bond acceptors (Lipinski definition) is 9. The molecule has 0 saturated heterocycles. The summed E-state index contributed by atoms with van der Waals surface area (Å²) in [6, 6.07) is 5.40. The van der Waals surface area contributed by atoms with Crippen molar-refractivity contribution in [2.45, 2.75) is 6.10 Å². The van der Waals surface area contributed by atoms with E-state index >= 15 is 0 Å². The number of nitrogens with two attached hydrogens (primary N) is 1. The summed E-state index contributed by atoms with van der Waals surface area (Å²) >= 11 is 0. The van der Waals surface area contributed by atoms with Gasteiger partial charge in [0.05, 0.1) is 17.6 Å². The molecule has 11 heteroatoms. The Morgan fingerprint density at radius 3 is 2.96 bits per heavy atom. The van der Waals surface area contributed by atoms with Gasteiger partial charge in [-0.2, -0.15) is 10.1 Å². The number of carbonyl (C=O) groups excluding carboxylic acids is 1. The molecule has 0 bridgehead atoms. The zero-order chi connectivity index (χ0) is 19.5. The van der Waals surface area contributed by atoms with E-state index in [2.05, 4.69) is 36.1 Å². The Kier molecular flexibility index (Phi) is 4.64. The number of amides is 1. The summed E-state index contributed by atoms with van der Waals surface area (Å²) < 4.78 is 5.54. The molecule has 28 heavy (non-hydrogen) atoms. The first-order valence-corrected chi connectivity index (χ1v) is 8.47. The maximum Gasteiger partial charge on any atom is 0.254 e. The van der Waals surface area contributed by atoms with Crippen LogP contribution in [-0.2, 0) is 0 Å². The number of ether oxygens (including phenoxy) is 1. The lowest BCUT2D eigenvalue weighted by atomic mass is 10.2. The number of hydrogen-bond donors (Lipinski definition) is 6. The molecule has 2 aromatic heterocycles. The van der Waals surface area contributed by atoms with Crippen LogP contribution in [0, 0.1) is 0 Å². The van der Waals surface area contributed by atoms with E-state index in [-0.39, 0.29) is 23.9 Å². The number of aromatic amines is 1. The van der Waals surface area contributed by atoms with E-state index in [0.29, 0.717) is 23.7 Å². The quantitative estimate of drug-likeness (QED) is 0.377. The fraction of sp³-hybridized carbons (Fsp3) is 0.176. The van der Waals surface area contributed by atoms with Gasteiger partial charge in [0.15, 0.2) is 0 Å². The first-order chi connectivity index (χ1) is 13.6. The van der Waals surface area contributed by atoms with Crippen molar-refractivity contribution < 1.29 is 14.6 Å². The third kappa shape index (κ3) is 3.78. The molecule has 7 N–H and O–H groups in total. The number of nitrogens with one attached hydrogen (secondary N) is 4. The van der Waals surface area contributed by atoms with Gasteiger partial charge in [-0.1, -0.05) is 0 Å². The summed E-state index contributed by atoms with van der Waals surface area (Å²) in [5, 5.41) is 25.4. The third-order valence-corrected chi connectivity index (χ3v) is 4.01. The van der Waals surface area contributed by atoms with E-state index in [1.54, 1.807) is 24.5 Å². The van der Waals surface area contributed by atoms with Crippen molar-refractivity contribution in [3.63, 3.8) is 0 Å². The van der Waals surface area contributed by atoms with Crippen LogP contribution in [0.15, 0.2) is 36.8 Å². The maximum atomic E-state index is 11.7. The SMILES string of the molecule is NC(=O)c1cnc(Nc2ccc3c(c2)NC[C@H](O)CO3)nc1Nc1cn[nH]c1. The fourth-order valence-corrected chi connectivity index (χ4v) is 2.65. The van der Waals surface area contributed by atoms with Gasteiger partial charge in [0.1, 0.15) is 29.8 Å². The van der Waals surface area contributed by atoms with E-state index < -0.39 is 12.0 Å². The van der Waals surface area contributed by atoms with Gasteiger partial charge >= 0.3 is 0 Å². The lowest BCUT2D eigenvalue weighted by Gasteiger charge is -2.12. The van der Waals surface area contributed by atoms with Crippen molar-refractivity contribution in [1.82, 2.24) is 20.2 Å². The maximum absolute atomic E-state index is 11.7. The van der Waals surface area contributed by atoms with Crippen LogP contribution in [0.1, 0.15) is 10.4 Å². The first-order valence-electron chi connectivity index (χ1n) is 8.47. The smallest absolute Gasteiger partial charge is 0.254 e. The fourth-order valence-electron chi connectivity index (χ4n) is 2.65. The Hall–Kier alpha value is -3.86. The van der Waals surface area contributed by atoms with Gasteiger partial charge in [-0.25, -0.2) is 4.98 Å². The second-order valence-electron chi connectivity index (χ2n) is 6.11. The Balaban J connectivity index is 1.59. The summed E-state index contributed by atoms with van der Waals surface area (Å²) in [7, 11) is 0. The number of rotatable bonds is 5. The van der Waals surface area contributed by atoms with Gasteiger partial charge in [0, 0.05) is 24.6 Å². The van der Waals surface area contributed by atoms with Crippen molar-refractivity contribution in [2.24, 2.45) is 5.73 Å². The molecule has 1 atom stereocenters. The van der Waals surface area contributed by atoms with Crippen LogP contribution in [-0.4, -0.2) is 50.4 Å². The Bertz CT molecular complexity index is 992. The lowest BCUT2D eigenvalue weighted by Crippen LogP contribution is -2.23. The van der Waals surface area contributed by atoms with Crippen LogP contribution < -0.4 is 26.4 Å². The number of anilines is 5. The second kappa shape index (κ2) is 7.40. The Morgan fingerprint density at radius 1 is 1.29 bits per heavy atom. The summed E-state index contributed by atoms with van der Waals surface area (Å²) in [5.74, 6) is 0.521. The molecule has 0 aliphatic carbocycles. The van der Waals surface area contributed by atoms with Crippen LogP contribution in [0.25, 0.3) is 0 Å². The molecule has 0 saturated carbocycles. The number of primary amides is 1. The highest BCUT2D eigenvalue weighted by Crippen LogP contribution is 2.31. The number of β-amino-alcohol motifs (C(OH)–C–C–N with tert-alkyl or cyclic N) is 1. The van der Waals surface area contributed by atoms with Gasteiger partial charge in [0.2, 0.25) is 5.95 Å². The molecule has 1 aliphatic rings. The first kappa shape index (κ1) is 17.5. The van der Waals surface area contributed by atoms with Gasteiger partial charge in [0.25, 0.3) is 5.91 Å². The van der Waals surface area contributed by atoms with Crippen molar-refractivity contribution in [3.8, 4) is 5.75 Å². The minimum absolute atomic E-state index is 0.151. The number of nitrogens with zero attached hydrogens (tertiary/aromatic N) is 3. The highest BCUT2D eigenvalue weighted by Gasteiger charge is 2.16. The van der Waals surface area contributed by atoms with Crippen LogP contribution in [0.4, 0.5) is 28.8 Å². The molecule has 11 nitrogen and oxygen atoms in total. The molecule has 144 valence electrons. The molecule has 0 radical (unpaired) electrons. The summed E-state index contributed by atoms with van der Waals surface area (Å²) in [6.45, 7) is 0.618. The summed E-state index contributed by atoms with van der Waals surface area (Å²) in [4.78, 5) is 20.1. The molecule has 0 spiro atoms. The molecule has 0 fully saturated rings. The normalized spacial score (nSPS) is 15.5. The molecule has 4 rings (SSSR count). The number of aliphatic hydroxyl groups is 1. The van der Waals surface area contributed by atoms with E-state index in [9.17, 15) is 9.90 Å². The lowest BCUT2D eigenvalue weighted by molar-refractivity contribution is 0.100. The van der Waals surface area contributed by atoms with Crippen molar-refractivity contribution in [2.75, 3.05) is 29.1 Å². The monoisotopic (exact) mass is 382 g/mol. The van der Waals surface area contributed by atoms with Crippen LogP contribution in [0.2, 0.25) is 0 Å². The predicted octanol–water partition coefficient (Wildman–Crippen LogP) is 0.951. The minimum atomic E-state index is -0.650.